The number of ether oxygens (including phenoxy) is 3. The molecule has 2 aliphatic rings. The van der Waals surface area contributed by atoms with Crippen molar-refractivity contribution in [2.45, 2.75) is 198 Å². The number of phosphoric acid groups is 2. The van der Waals surface area contributed by atoms with E-state index in [1.807, 2.05) is 25.2 Å². The molecule has 2 bridgehead atoms. The minimum absolute atomic E-state index is 0.0710. The molecule has 3 rings (SSSR count). The second-order valence-corrected chi connectivity index (χ2v) is 22.0. The Morgan fingerprint density at radius 3 is 2.08 bits per heavy atom. The predicted molar refractivity (Wildman–Crippen MR) is 281 cm³/mol. The normalized spacial score (nSPS) is 30.3. The molecule has 426 valence electrons. The molecule has 3 heterocycles. The van der Waals surface area contributed by atoms with Gasteiger partial charge in [0.25, 0.3) is 0 Å². The number of nitrogens with zero attached hydrogens (tertiary/aromatic N) is 2. The number of aliphatic hydroxyl groups excluding tert-OH is 5. The fourth-order valence-electron chi connectivity index (χ4n) is 8.44. The Hall–Kier alpha value is -3.66. The molecule has 12 atom stereocenters. The third-order valence-corrected chi connectivity index (χ3v) is 15.3. The van der Waals surface area contributed by atoms with E-state index in [2.05, 4.69) is 46.6 Å². The van der Waals surface area contributed by atoms with Crippen LogP contribution in [0, 0.1) is 11.8 Å². The van der Waals surface area contributed by atoms with Crippen molar-refractivity contribution >= 4 is 33.4 Å². The average molecular weight is 1100 g/mol. The summed E-state index contributed by atoms with van der Waals surface area (Å²) < 4.78 is 59.2. The van der Waals surface area contributed by atoms with Crippen LogP contribution in [0.2, 0.25) is 0 Å². The van der Waals surface area contributed by atoms with E-state index < -0.39 is 120 Å². The number of nitrogens with two attached hydrogens (primary N) is 1. The standard InChI is InChI=1S/C52H85N3O18P2/c1-3-5-7-8-9-10-11-12-13-14-15-16-17-18-19-20-26-30-48(60)71-40-36-68-47(59)29-25-22-21-24-28-42-44(58)35-43(57)41(32-31-39(56)27-23-6-4-2)49(61)50(62)45(38-70-75(66,67)73-74(64,65)69-37-40)72-51(42)55-34-33-46(53)54-52(55)63/h9-10,12-13,15-16,18-19,31-34,39-45,49-51,56-58,61-62H,3-8,11,14,17,20-30,35-38H2,1-2H3,(H,64,65)(H,66,67)(H2,53,54,63)/b10-9-,13-12-,16-15-,19-18-,32-31+/t39-,40+,41-,42-,43+,44-,45+,49-,50+,51+/m0/s1. The number of cyclic esters (lactones) is 1. The number of aliphatic hydroxyl groups is 5. The second kappa shape index (κ2) is 36.4. The third-order valence-electron chi connectivity index (χ3n) is 12.6. The summed E-state index contributed by atoms with van der Waals surface area (Å²) in [6.45, 7) is 1.45. The Labute approximate surface area is 441 Å². The highest BCUT2D eigenvalue weighted by Gasteiger charge is 2.45. The van der Waals surface area contributed by atoms with Crippen LogP contribution in [0.3, 0.4) is 0 Å². The lowest BCUT2D eigenvalue weighted by molar-refractivity contribution is -0.195. The van der Waals surface area contributed by atoms with Gasteiger partial charge in [0.2, 0.25) is 0 Å². The Kier molecular flexibility index (Phi) is 31.9. The topological polar surface area (TPSA) is 326 Å². The Morgan fingerprint density at radius 1 is 0.813 bits per heavy atom. The molecular formula is C52H85N3O18P2. The fraction of sp³-hybridized carbons (Fsp3) is 0.692. The highest BCUT2D eigenvalue weighted by atomic mass is 31.3. The Morgan fingerprint density at radius 2 is 1.43 bits per heavy atom. The van der Waals surface area contributed by atoms with Gasteiger partial charge in [-0.25, -0.2) is 13.9 Å². The number of fused-ring (bicyclic) bond motifs is 3. The number of anilines is 1. The molecule has 1 aromatic rings. The van der Waals surface area contributed by atoms with Gasteiger partial charge in [0.1, 0.15) is 30.9 Å². The van der Waals surface area contributed by atoms with Crippen LogP contribution in [0.25, 0.3) is 0 Å². The van der Waals surface area contributed by atoms with Gasteiger partial charge in [-0.05, 0) is 70.3 Å². The van der Waals surface area contributed by atoms with E-state index in [0.29, 0.717) is 57.8 Å². The lowest BCUT2D eigenvalue weighted by Crippen LogP contribution is -2.52. The quantitative estimate of drug-likeness (QED) is 0.0241. The Balaban J connectivity index is 1.79. The van der Waals surface area contributed by atoms with Crippen molar-refractivity contribution in [3.05, 3.63) is 83.5 Å². The summed E-state index contributed by atoms with van der Waals surface area (Å²) in [5, 5.41) is 57.6. The molecule has 23 heteroatoms. The van der Waals surface area contributed by atoms with E-state index in [1.54, 1.807) is 0 Å². The molecule has 0 aromatic carbocycles. The molecule has 0 spiro atoms. The van der Waals surface area contributed by atoms with E-state index >= 15 is 0 Å². The van der Waals surface area contributed by atoms with Crippen LogP contribution in [0.1, 0.15) is 155 Å². The van der Waals surface area contributed by atoms with Gasteiger partial charge < -0.3 is 55.3 Å². The number of allylic oxidation sites excluding steroid dienone is 8. The first kappa shape index (κ1) is 65.6. The van der Waals surface area contributed by atoms with E-state index in [9.17, 15) is 58.8 Å². The molecule has 0 saturated carbocycles. The zero-order chi connectivity index (χ0) is 55.1. The number of hydrogen-bond acceptors (Lipinski definition) is 18. The molecule has 21 nitrogen and oxygen atoms in total. The minimum Gasteiger partial charge on any atom is -0.462 e. The summed E-state index contributed by atoms with van der Waals surface area (Å²) in [5.41, 5.74) is 4.81. The number of carbonyl (C=O) groups is 2. The molecule has 75 heavy (non-hydrogen) atoms. The first-order valence-corrected chi connectivity index (χ1v) is 29.5. The molecule has 9 N–H and O–H groups in total. The molecule has 2 saturated heterocycles. The average Bonchev–Trinajstić information content (AvgIpc) is 3.35. The molecular weight excluding hydrogens is 1020 g/mol. The van der Waals surface area contributed by atoms with Crippen LogP contribution in [0.15, 0.2) is 77.8 Å². The van der Waals surface area contributed by atoms with Crippen LogP contribution in [-0.4, -0.2) is 119 Å². The molecule has 0 amide bonds. The number of nitrogen functional groups attached to an aromatic ring is 1. The van der Waals surface area contributed by atoms with Gasteiger partial charge in [0.05, 0.1) is 37.6 Å². The number of phosphoric ester groups is 2. The van der Waals surface area contributed by atoms with Gasteiger partial charge in [-0.1, -0.05) is 126 Å². The van der Waals surface area contributed by atoms with E-state index in [0.717, 1.165) is 36.7 Å². The van der Waals surface area contributed by atoms with Crippen molar-refractivity contribution in [2.75, 3.05) is 25.6 Å². The Bertz CT molecular complexity index is 2120. The fourth-order valence-corrected chi connectivity index (χ4v) is 10.5. The van der Waals surface area contributed by atoms with E-state index in [1.165, 1.54) is 43.7 Å². The lowest BCUT2D eigenvalue weighted by atomic mass is 9.82. The van der Waals surface area contributed by atoms with Crippen LogP contribution in [-0.2, 0) is 46.3 Å². The highest BCUT2D eigenvalue weighted by Crippen LogP contribution is 2.60. The van der Waals surface area contributed by atoms with Crippen molar-refractivity contribution < 1.29 is 81.6 Å². The van der Waals surface area contributed by atoms with Crippen LogP contribution in [0.5, 0.6) is 0 Å². The van der Waals surface area contributed by atoms with Gasteiger partial charge in [0, 0.05) is 37.3 Å². The second-order valence-electron chi connectivity index (χ2n) is 19.0. The van der Waals surface area contributed by atoms with Crippen molar-refractivity contribution in [3.8, 4) is 0 Å². The van der Waals surface area contributed by atoms with Crippen LogP contribution < -0.4 is 11.4 Å². The number of aromatic nitrogens is 2. The van der Waals surface area contributed by atoms with Crippen molar-refractivity contribution in [3.63, 3.8) is 0 Å². The summed E-state index contributed by atoms with van der Waals surface area (Å²) in [7, 11) is -11.3. The van der Waals surface area contributed by atoms with Crippen molar-refractivity contribution in [1.82, 2.24) is 9.55 Å². The van der Waals surface area contributed by atoms with Crippen molar-refractivity contribution in [2.24, 2.45) is 11.8 Å². The monoisotopic (exact) mass is 1100 g/mol. The summed E-state index contributed by atoms with van der Waals surface area (Å²) in [6.07, 6.45) is 19.4. The molecule has 2 fully saturated rings. The zero-order valence-electron chi connectivity index (χ0n) is 43.7. The number of unbranched alkanes of at least 4 members (excludes halogenated alkanes) is 6. The maximum absolute atomic E-state index is 13.4. The molecule has 0 aliphatic carbocycles. The smallest absolute Gasteiger partial charge is 0.462 e. The maximum atomic E-state index is 13.4. The highest BCUT2D eigenvalue weighted by molar-refractivity contribution is 7.61. The zero-order valence-corrected chi connectivity index (χ0v) is 45.4. The van der Waals surface area contributed by atoms with Gasteiger partial charge in [0.15, 0.2) is 6.10 Å². The third kappa shape index (κ3) is 27.0. The summed E-state index contributed by atoms with van der Waals surface area (Å²) in [6, 6.07) is 1.26. The van der Waals surface area contributed by atoms with Gasteiger partial charge in [-0.3, -0.25) is 23.2 Å². The van der Waals surface area contributed by atoms with Gasteiger partial charge in [-0.2, -0.15) is 9.29 Å². The SMILES string of the molecule is CCCCC/C=C\C/C=C\C/C=C\C/C=C\CCCC(=O)O[C@@H]1COC(=O)CCCCCC[C@@H]2[C@H](n3ccc(N)nc3=O)O[C@H](COP(=O)(O)OP(=O)(O)OC1)[C@@H](O)[C@@H](O)[C@@H](/C=C/[C@@H](O)CCCCC)[C@H](O)C[C@@H]2O. The van der Waals surface area contributed by atoms with E-state index in [4.69, 9.17) is 29.0 Å². The largest absolute Gasteiger partial charge is 0.481 e. The van der Waals surface area contributed by atoms with Crippen molar-refractivity contribution in [1.29, 1.82) is 0 Å². The summed E-state index contributed by atoms with van der Waals surface area (Å²) in [5.74, 6) is -4.08. The first-order chi connectivity index (χ1) is 35.9. The first-order valence-electron chi connectivity index (χ1n) is 26.6. The number of carbonyl (C=O) groups excluding carboxylic acids is 2. The van der Waals surface area contributed by atoms with E-state index in [-0.39, 0.29) is 25.1 Å². The predicted octanol–water partition coefficient (Wildman–Crippen LogP) is 7.49. The molecule has 2 aliphatic heterocycles. The van der Waals surface area contributed by atoms with Gasteiger partial charge in [-0.15, -0.1) is 0 Å². The molecule has 1 aromatic heterocycles. The van der Waals surface area contributed by atoms with Crippen LogP contribution in [0.4, 0.5) is 5.82 Å². The number of rotatable bonds is 22. The minimum atomic E-state index is -5.71. The molecule has 2 unspecified atom stereocenters. The molecule has 0 radical (unpaired) electrons. The lowest BCUT2D eigenvalue weighted by Gasteiger charge is -2.41. The number of esters is 2. The summed E-state index contributed by atoms with van der Waals surface area (Å²) >= 11 is 0. The number of hydrogen-bond donors (Lipinski definition) is 8. The summed E-state index contributed by atoms with van der Waals surface area (Å²) in [4.78, 5) is 64.3. The maximum Gasteiger partial charge on any atom is 0.481 e. The van der Waals surface area contributed by atoms with Crippen LogP contribution >= 0.6 is 15.6 Å². The van der Waals surface area contributed by atoms with Gasteiger partial charge >= 0.3 is 33.3 Å².